The lowest BCUT2D eigenvalue weighted by Crippen LogP contribution is -2.17. The van der Waals surface area contributed by atoms with Gasteiger partial charge in [-0.3, -0.25) is 4.79 Å². The van der Waals surface area contributed by atoms with E-state index in [2.05, 4.69) is 41.5 Å². The molecule has 26 heavy (non-hydrogen) atoms. The molecule has 0 unspecified atom stereocenters. The molecule has 0 amide bonds. The van der Waals surface area contributed by atoms with Gasteiger partial charge < -0.3 is 5.11 Å². The summed E-state index contributed by atoms with van der Waals surface area (Å²) >= 11 is 1.52. The molecular weight excluding hydrogens is 340 g/mol. The van der Waals surface area contributed by atoms with E-state index < -0.39 is 0 Å². The number of allylic oxidation sites excluding steroid dienone is 1. The topological polar surface area (TPSA) is 37.3 Å². The van der Waals surface area contributed by atoms with Crippen molar-refractivity contribution in [2.24, 2.45) is 0 Å². The summed E-state index contributed by atoms with van der Waals surface area (Å²) in [6, 6.07) is 11.7. The number of Topliss-reactive ketones (excluding diaryl/α,β-unsaturated/α-hetero) is 1. The molecule has 0 saturated carbocycles. The van der Waals surface area contributed by atoms with Crippen LogP contribution in [0.4, 0.5) is 0 Å². The lowest BCUT2D eigenvalue weighted by molar-refractivity contribution is 0.104. The number of rotatable bonds is 1. The number of ketones is 1. The summed E-state index contributed by atoms with van der Waals surface area (Å²) in [5, 5.41) is 10.8. The zero-order chi connectivity index (χ0) is 19.3. The van der Waals surface area contributed by atoms with Gasteiger partial charge in [-0.2, -0.15) is 0 Å². The Morgan fingerprint density at radius 2 is 1.46 bits per heavy atom. The third kappa shape index (κ3) is 3.45. The second-order valence-electron chi connectivity index (χ2n) is 8.90. The van der Waals surface area contributed by atoms with Crippen LogP contribution in [0, 0.1) is 0 Å². The Labute approximate surface area is 160 Å². The highest BCUT2D eigenvalue weighted by atomic mass is 32.2. The van der Waals surface area contributed by atoms with Gasteiger partial charge in [0, 0.05) is 21.6 Å². The second-order valence-corrected chi connectivity index (χ2v) is 9.98. The highest BCUT2D eigenvalue weighted by molar-refractivity contribution is 8.04. The molecule has 0 bridgehead atoms. The summed E-state index contributed by atoms with van der Waals surface area (Å²) < 4.78 is 0. The Morgan fingerprint density at radius 3 is 1.96 bits per heavy atom. The highest BCUT2D eigenvalue weighted by Gasteiger charge is 2.28. The summed E-state index contributed by atoms with van der Waals surface area (Å²) in [5.41, 5.74) is 3.17. The molecule has 2 nitrogen and oxygen atoms in total. The van der Waals surface area contributed by atoms with E-state index in [0.29, 0.717) is 5.75 Å². The van der Waals surface area contributed by atoms with Gasteiger partial charge in [0.1, 0.15) is 5.75 Å². The van der Waals surface area contributed by atoms with Gasteiger partial charge in [-0.15, -0.1) is 0 Å². The number of phenols is 1. The van der Waals surface area contributed by atoms with Crippen LogP contribution in [-0.2, 0) is 10.8 Å². The van der Waals surface area contributed by atoms with Gasteiger partial charge in [-0.1, -0.05) is 65.4 Å². The SMILES string of the molecule is CC(C)(C)c1cc(C=C2Sc3ccccc3C2=O)cc(C(C)(C)C)c1O. The summed E-state index contributed by atoms with van der Waals surface area (Å²) in [6.45, 7) is 12.6. The predicted octanol–water partition coefficient (Wildman–Crippen LogP) is 6.32. The highest BCUT2D eigenvalue weighted by Crippen LogP contribution is 2.43. The zero-order valence-corrected chi connectivity index (χ0v) is 17.1. The van der Waals surface area contributed by atoms with Crippen molar-refractivity contribution in [3.63, 3.8) is 0 Å². The van der Waals surface area contributed by atoms with E-state index >= 15 is 0 Å². The molecule has 1 aliphatic heterocycles. The Hall–Kier alpha value is -2.00. The van der Waals surface area contributed by atoms with Gasteiger partial charge in [0.2, 0.25) is 5.78 Å². The van der Waals surface area contributed by atoms with Gasteiger partial charge >= 0.3 is 0 Å². The quantitative estimate of drug-likeness (QED) is 0.600. The van der Waals surface area contributed by atoms with Crippen molar-refractivity contribution in [2.45, 2.75) is 57.3 Å². The molecule has 136 valence electrons. The van der Waals surface area contributed by atoms with Crippen LogP contribution in [-0.4, -0.2) is 10.9 Å². The minimum Gasteiger partial charge on any atom is -0.507 e. The molecule has 3 rings (SSSR count). The van der Waals surface area contributed by atoms with E-state index in [1.165, 1.54) is 11.8 Å². The zero-order valence-electron chi connectivity index (χ0n) is 16.3. The average molecular weight is 367 g/mol. The van der Waals surface area contributed by atoms with Crippen LogP contribution in [0.15, 0.2) is 46.2 Å². The normalized spacial score (nSPS) is 16.2. The van der Waals surface area contributed by atoms with Gasteiger partial charge in [0.05, 0.1) is 4.91 Å². The molecule has 2 aromatic carbocycles. The molecule has 0 spiro atoms. The number of hydrogen-bond acceptors (Lipinski definition) is 3. The lowest BCUT2D eigenvalue weighted by Gasteiger charge is -2.28. The van der Waals surface area contributed by atoms with Gasteiger partial charge in [-0.25, -0.2) is 0 Å². The van der Waals surface area contributed by atoms with E-state index in [1.54, 1.807) is 0 Å². The lowest BCUT2D eigenvalue weighted by atomic mass is 9.78. The van der Waals surface area contributed by atoms with Crippen LogP contribution in [0.25, 0.3) is 6.08 Å². The first-order valence-electron chi connectivity index (χ1n) is 8.90. The van der Waals surface area contributed by atoms with E-state index in [-0.39, 0.29) is 16.6 Å². The van der Waals surface area contributed by atoms with Crippen LogP contribution in [0.3, 0.4) is 0 Å². The van der Waals surface area contributed by atoms with Crippen LogP contribution in [0.2, 0.25) is 0 Å². The molecule has 0 aliphatic carbocycles. The first-order valence-corrected chi connectivity index (χ1v) is 9.71. The number of fused-ring (bicyclic) bond motifs is 1. The van der Waals surface area contributed by atoms with Crippen molar-refractivity contribution in [3.8, 4) is 5.75 Å². The first kappa shape index (κ1) is 18.8. The second kappa shape index (κ2) is 6.31. The molecule has 1 heterocycles. The van der Waals surface area contributed by atoms with Crippen LogP contribution < -0.4 is 0 Å². The molecule has 3 heteroatoms. The smallest absolute Gasteiger partial charge is 0.200 e. The Morgan fingerprint density at radius 1 is 0.923 bits per heavy atom. The van der Waals surface area contributed by atoms with Crippen LogP contribution in [0.5, 0.6) is 5.75 Å². The van der Waals surface area contributed by atoms with E-state index in [1.807, 2.05) is 42.5 Å². The minimum atomic E-state index is -0.186. The molecule has 2 aromatic rings. The molecule has 0 saturated heterocycles. The van der Waals surface area contributed by atoms with Gasteiger partial charge in [0.15, 0.2) is 0 Å². The van der Waals surface area contributed by atoms with Crippen molar-refractivity contribution in [1.82, 2.24) is 0 Å². The third-order valence-corrected chi connectivity index (χ3v) is 5.72. The van der Waals surface area contributed by atoms with E-state index in [4.69, 9.17) is 0 Å². The maximum absolute atomic E-state index is 12.7. The fourth-order valence-electron chi connectivity index (χ4n) is 3.17. The fourth-order valence-corrected chi connectivity index (χ4v) is 4.22. The van der Waals surface area contributed by atoms with Crippen molar-refractivity contribution >= 4 is 23.6 Å². The maximum Gasteiger partial charge on any atom is 0.200 e. The number of hydrogen-bond donors (Lipinski definition) is 1. The predicted molar refractivity (Wildman–Crippen MR) is 110 cm³/mol. The Kier molecular flexibility index (Phi) is 4.56. The molecule has 0 radical (unpaired) electrons. The van der Waals surface area contributed by atoms with Crippen LogP contribution >= 0.6 is 11.8 Å². The number of phenolic OH excluding ortho intramolecular Hbond substituents is 1. The number of thioether (sulfide) groups is 1. The summed E-state index contributed by atoms with van der Waals surface area (Å²) in [7, 11) is 0. The fraction of sp³-hybridized carbons (Fsp3) is 0.348. The monoisotopic (exact) mass is 366 g/mol. The average Bonchev–Trinajstić information content (AvgIpc) is 2.83. The van der Waals surface area contributed by atoms with Gasteiger partial charge in [0.25, 0.3) is 0 Å². The minimum absolute atomic E-state index is 0.0771. The van der Waals surface area contributed by atoms with Crippen molar-refractivity contribution in [1.29, 1.82) is 0 Å². The largest absolute Gasteiger partial charge is 0.507 e. The maximum atomic E-state index is 12.7. The number of benzene rings is 2. The molecular formula is C23H26O2S. The number of aromatic hydroxyl groups is 1. The standard InChI is InChI=1S/C23H26O2S/c1-22(2,3)16-11-14(12-17(21(16)25)23(4,5)6)13-19-20(24)15-9-7-8-10-18(15)26-19/h7-13,25H,1-6H3. The first-order chi connectivity index (χ1) is 12.0. The molecule has 0 aromatic heterocycles. The summed E-state index contributed by atoms with van der Waals surface area (Å²) in [4.78, 5) is 14.4. The van der Waals surface area contributed by atoms with E-state index in [9.17, 15) is 9.90 Å². The molecule has 1 N–H and O–H groups in total. The van der Waals surface area contributed by atoms with E-state index in [0.717, 1.165) is 32.1 Å². The summed E-state index contributed by atoms with van der Waals surface area (Å²) in [5.74, 6) is 0.439. The number of carbonyl (C=O) groups excluding carboxylic acids is 1. The molecule has 0 fully saturated rings. The van der Waals surface area contributed by atoms with Crippen molar-refractivity contribution in [3.05, 3.63) is 63.6 Å². The summed E-state index contributed by atoms with van der Waals surface area (Å²) in [6.07, 6.45) is 1.96. The van der Waals surface area contributed by atoms with Crippen molar-refractivity contribution in [2.75, 3.05) is 0 Å². The Bertz CT molecular complexity index is 874. The van der Waals surface area contributed by atoms with Crippen LogP contribution in [0.1, 0.15) is 68.6 Å². The third-order valence-electron chi connectivity index (χ3n) is 4.62. The number of carbonyl (C=O) groups is 1. The Balaban J connectivity index is 2.14. The molecule has 1 aliphatic rings. The van der Waals surface area contributed by atoms with Crippen molar-refractivity contribution < 1.29 is 9.90 Å². The molecule has 0 atom stereocenters. The van der Waals surface area contributed by atoms with Gasteiger partial charge in [-0.05, 0) is 46.7 Å².